The van der Waals surface area contributed by atoms with Gasteiger partial charge in [0.1, 0.15) is 23.0 Å². The molecule has 1 amide bonds. The van der Waals surface area contributed by atoms with Crippen LogP contribution in [-0.2, 0) is 24.2 Å². The Balaban J connectivity index is 1.60. The van der Waals surface area contributed by atoms with E-state index in [0.717, 1.165) is 12.8 Å². The minimum absolute atomic E-state index is 0.0103. The minimum Gasteiger partial charge on any atom is -0.372 e. The van der Waals surface area contributed by atoms with Crippen molar-refractivity contribution in [2.75, 3.05) is 0 Å². The van der Waals surface area contributed by atoms with Crippen molar-refractivity contribution in [3.63, 3.8) is 0 Å². The third-order valence-electron chi connectivity index (χ3n) is 4.87. The van der Waals surface area contributed by atoms with Gasteiger partial charge in [0.2, 0.25) is 0 Å². The fourth-order valence-corrected chi connectivity index (χ4v) is 3.54. The van der Waals surface area contributed by atoms with Crippen molar-refractivity contribution >= 4 is 11.6 Å². The van der Waals surface area contributed by atoms with Gasteiger partial charge in [-0.1, -0.05) is 24.3 Å². The Morgan fingerprint density at radius 3 is 2.68 bits per heavy atom. The third kappa shape index (κ3) is 3.35. The maximum atomic E-state index is 12.9. The molecular weight excluding hydrogens is 354 g/mol. The zero-order chi connectivity index (χ0) is 19.7. The van der Waals surface area contributed by atoms with Crippen LogP contribution in [0.3, 0.4) is 0 Å². The molecule has 7 nitrogen and oxygen atoms in total. The van der Waals surface area contributed by atoms with Crippen molar-refractivity contribution in [3.05, 3.63) is 64.6 Å². The van der Waals surface area contributed by atoms with E-state index in [1.807, 2.05) is 26.0 Å². The number of aromatic nitrogens is 3. The maximum Gasteiger partial charge on any atom is 0.270 e. The normalized spacial score (nSPS) is 13.6. The fraction of sp³-hybridized carbons (Fsp3) is 0.333. The summed E-state index contributed by atoms with van der Waals surface area (Å²) in [6, 6.07) is 12.0. The fourth-order valence-electron chi connectivity index (χ4n) is 3.54. The van der Waals surface area contributed by atoms with Crippen LogP contribution in [0.25, 0.3) is 5.65 Å². The van der Waals surface area contributed by atoms with Gasteiger partial charge >= 0.3 is 0 Å². The first kappa shape index (κ1) is 18.1. The smallest absolute Gasteiger partial charge is 0.270 e. The van der Waals surface area contributed by atoms with Crippen molar-refractivity contribution in [2.45, 2.75) is 45.4 Å². The van der Waals surface area contributed by atoms with E-state index in [2.05, 4.69) is 33.6 Å². The van der Waals surface area contributed by atoms with Gasteiger partial charge in [-0.2, -0.15) is 10.4 Å². The molecule has 0 saturated heterocycles. The van der Waals surface area contributed by atoms with Crippen LogP contribution >= 0.6 is 0 Å². The largest absolute Gasteiger partial charge is 0.372 e. The Bertz CT molecular complexity index is 1060. The molecule has 1 aliphatic rings. The molecule has 3 aromatic rings. The van der Waals surface area contributed by atoms with Gasteiger partial charge in [0, 0.05) is 12.2 Å². The summed E-state index contributed by atoms with van der Waals surface area (Å²) < 4.78 is 7.03. The summed E-state index contributed by atoms with van der Waals surface area (Å²) in [6.45, 7) is 4.03. The number of carbonyl (C=O) groups excluding carboxylic acids is 1. The van der Waals surface area contributed by atoms with Crippen LogP contribution in [0, 0.1) is 11.3 Å². The summed E-state index contributed by atoms with van der Waals surface area (Å²) in [5.41, 5.74) is 4.08. The van der Waals surface area contributed by atoms with Gasteiger partial charge < -0.3 is 10.1 Å². The van der Waals surface area contributed by atoms with Crippen LogP contribution in [-0.4, -0.2) is 32.7 Å². The van der Waals surface area contributed by atoms with E-state index in [4.69, 9.17) is 4.74 Å². The molecule has 2 heterocycles. The highest BCUT2D eigenvalue weighted by Gasteiger charge is 2.25. The standard InChI is InChI=1S/C21H21N5O2/c1-13(2)28-12-18-17(11-22)20-23-8-7-19(26(20)25-18)21(27)24-16-9-14-5-3-4-6-15(14)10-16/h3-8,13,16H,9-10,12H2,1-2H3,(H,24,27). The van der Waals surface area contributed by atoms with Crippen molar-refractivity contribution < 1.29 is 9.53 Å². The topological polar surface area (TPSA) is 92.3 Å². The van der Waals surface area contributed by atoms with E-state index < -0.39 is 0 Å². The predicted molar refractivity (Wildman–Crippen MR) is 103 cm³/mol. The Hall–Kier alpha value is -3.24. The summed E-state index contributed by atoms with van der Waals surface area (Å²) in [5, 5.41) is 17.1. The number of nitriles is 1. The predicted octanol–water partition coefficient (Wildman–Crippen LogP) is 2.42. The first-order chi connectivity index (χ1) is 13.6. The lowest BCUT2D eigenvalue weighted by molar-refractivity contribution is 0.0633. The molecule has 0 bridgehead atoms. The number of nitrogens with zero attached hydrogens (tertiary/aromatic N) is 4. The summed E-state index contributed by atoms with van der Waals surface area (Å²) in [4.78, 5) is 17.2. The first-order valence-electron chi connectivity index (χ1n) is 9.32. The van der Waals surface area contributed by atoms with Gasteiger partial charge in [-0.25, -0.2) is 9.50 Å². The first-order valence-corrected chi connectivity index (χ1v) is 9.32. The second kappa shape index (κ2) is 7.41. The highest BCUT2D eigenvalue weighted by Crippen LogP contribution is 2.22. The SMILES string of the molecule is CC(C)OCc1nn2c(C(=O)NC3Cc4ccccc4C3)ccnc2c1C#N. The van der Waals surface area contributed by atoms with E-state index in [9.17, 15) is 10.1 Å². The minimum atomic E-state index is -0.228. The number of hydrogen-bond acceptors (Lipinski definition) is 5. The monoisotopic (exact) mass is 375 g/mol. The number of benzene rings is 1. The Morgan fingerprint density at radius 1 is 1.32 bits per heavy atom. The number of fused-ring (bicyclic) bond motifs is 2. The summed E-state index contributed by atoms with van der Waals surface area (Å²) in [6.07, 6.45) is 3.16. The van der Waals surface area contributed by atoms with Gasteiger partial charge in [-0.3, -0.25) is 4.79 Å². The van der Waals surface area contributed by atoms with E-state index in [0.29, 0.717) is 22.6 Å². The molecular formula is C21H21N5O2. The van der Waals surface area contributed by atoms with Crippen molar-refractivity contribution in [1.82, 2.24) is 19.9 Å². The van der Waals surface area contributed by atoms with Crippen molar-refractivity contribution in [3.8, 4) is 6.07 Å². The van der Waals surface area contributed by atoms with E-state index in [-0.39, 0.29) is 24.7 Å². The van der Waals surface area contributed by atoms with E-state index in [1.54, 1.807) is 6.07 Å². The molecule has 1 aromatic carbocycles. The van der Waals surface area contributed by atoms with Gasteiger partial charge in [0.05, 0.1) is 12.7 Å². The second-order valence-electron chi connectivity index (χ2n) is 7.21. The molecule has 0 spiro atoms. The number of rotatable bonds is 5. The zero-order valence-electron chi connectivity index (χ0n) is 15.8. The summed E-state index contributed by atoms with van der Waals surface area (Å²) in [5.74, 6) is -0.228. The molecule has 7 heteroatoms. The van der Waals surface area contributed by atoms with Crippen molar-refractivity contribution in [2.24, 2.45) is 0 Å². The molecule has 1 aliphatic carbocycles. The van der Waals surface area contributed by atoms with Crippen LogP contribution in [0.1, 0.15) is 46.7 Å². The van der Waals surface area contributed by atoms with Crippen LogP contribution in [0.15, 0.2) is 36.5 Å². The number of ether oxygens (including phenoxy) is 1. The van der Waals surface area contributed by atoms with E-state index >= 15 is 0 Å². The Morgan fingerprint density at radius 2 is 2.04 bits per heavy atom. The highest BCUT2D eigenvalue weighted by molar-refractivity contribution is 5.93. The van der Waals surface area contributed by atoms with Crippen molar-refractivity contribution in [1.29, 1.82) is 5.26 Å². The quantitative estimate of drug-likeness (QED) is 0.739. The number of amides is 1. The molecule has 28 heavy (non-hydrogen) atoms. The van der Waals surface area contributed by atoms with Gasteiger partial charge in [-0.05, 0) is 43.9 Å². The van der Waals surface area contributed by atoms with Crippen LogP contribution in [0.4, 0.5) is 0 Å². The molecule has 4 rings (SSSR count). The molecule has 0 atom stereocenters. The van der Waals surface area contributed by atoms with Gasteiger partial charge in [-0.15, -0.1) is 0 Å². The maximum absolute atomic E-state index is 12.9. The number of nitrogens with one attached hydrogen (secondary N) is 1. The Kier molecular flexibility index (Phi) is 4.80. The zero-order valence-corrected chi connectivity index (χ0v) is 15.8. The third-order valence-corrected chi connectivity index (χ3v) is 4.87. The second-order valence-corrected chi connectivity index (χ2v) is 7.21. The lowest BCUT2D eigenvalue weighted by atomic mass is 10.1. The molecule has 0 fully saturated rings. The highest BCUT2D eigenvalue weighted by atomic mass is 16.5. The van der Waals surface area contributed by atoms with E-state index in [1.165, 1.54) is 21.8 Å². The summed E-state index contributed by atoms with van der Waals surface area (Å²) >= 11 is 0. The molecule has 0 aliphatic heterocycles. The lowest BCUT2D eigenvalue weighted by Crippen LogP contribution is -2.36. The lowest BCUT2D eigenvalue weighted by Gasteiger charge is -2.12. The van der Waals surface area contributed by atoms with Gasteiger partial charge in [0.15, 0.2) is 5.65 Å². The summed E-state index contributed by atoms with van der Waals surface area (Å²) in [7, 11) is 0. The molecule has 0 unspecified atom stereocenters. The molecule has 0 saturated carbocycles. The molecule has 142 valence electrons. The van der Waals surface area contributed by atoms with Crippen LogP contribution in [0.2, 0.25) is 0 Å². The number of carbonyl (C=O) groups is 1. The Labute approximate surface area is 163 Å². The molecule has 2 aromatic heterocycles. The average molecular weight is 375 g/mol. The van der Waals surface area contributed by atoms with Crippen LogP contribution in [0.5, 0.6) is 0 Å². The molecule has 1 N–H and O–H groups in total. The average Bonchev–Trinajstić information content (AvgIpc) is 3.25. The molecule has 0 radical (unpaired) electrons. The van der Waals surface area contributed by atoms with Crippen LogP contribution < -0.4 is 5.32 Å². The van der Waals surface area contributed by atoms with Gasteiger partial charge in [0.25, 0.3) is 5.91 Å². The number of hydrogen-bond donors (Lipinski definition) is 1.